The summed E-state index contributed by atoms with van der Waals surface area (Å²) in [7, 11) is 3.39. The normalized spacial score (nSPS) is 10.9. The number of ether oxygens (including phenoxy) is 2. The standard InChI is InChI=1S/C20H18N2O2/c1-23-19-13-16-14-20(24-2)18(22-9-5-6-10-22)12-15(16)11-17(19)21-7-3-4-8-21/h3-14H,1-2H3. The average molecular weight is 318 g/mol. The molecular formula is C20H18N2O2. The predicted molar refractivity (Wildman–Crippen MR) is 95.7 cm³/mol. The summed E-state index contributed by atoms with van der Waals surface area (Å²) in [6, 6.07) is 16.4. The minimum absolute atomic E-state index is 0.828. The number of hydrogen-bond acceptors (Lipinski definition) is 2. The number of hydrogen-bond donors (Lipinski definition) is 0. The Morgan fingerprint density at radius 3 is 1.33 bits per heavy atom. The lowest BCUT2D eigenvalue weighted by Gasteiger charge is -2.15. The van der Waals surface area contributed by atoms with Gasteiger partial charge in [0, 0.05) is 24.8 Å². The summed E-state index contributed by atoms with van der Waals surface area (Å²) in [5.41, 5.74) is 2.03. The van der Waals surface area contributed by atoms with Crippen molar-refractivity contribution in [1.82, 2.24) is 9.13 Å². The average Bonchev–Trinajstić information content (AvgIpc) is 3.32. The molecule has 120 valence electrons. The van der Waals surface area contributed by atoms with Crippen LogP contribution < -0.4 is 9.47 Å². The van der Waals surface area contributed by atoms with Crippen LogP contribution in [-0.2, 0) is 0 Å². The Morgan fingerprint density at radius 2 is 0.958 bits per heavy atom. The summed E-state index contributed by atoms with van der Waals surface area (Å²) < 4.78 is 15.3. The quantitative estimate of drug-likeness (QED) is 0.556. The summed E-state index contributed by atoms with van der Waals surface area (Å²) >= 11 is 0. The number of fused-ring (bicyclic) bond motifs is 1. The van der Waals surface area contributed by atoms with E-state index in [1.165, 1.54) is 0 Å². The molecule has 0 unspecified atom stereocenters. The van der Waals surface area contributed by atoms with Crippen molar-refractivity contribution in [1.29, 1.82) is 0 Å². The molecule has 0 N–H and O–H groups in total. The van der Waals surface area contributed by atoms with E-state index in [0.717, 1.165) is 33.6 Å². The maximum Gasteiger partial charge on any atom is 0.143 e. The molecule has 0 spiro atoms. The van der Waals surface area contributed by atoms with E-state index < -0.39 is 0 Å². The second-order valence-electron chi connectivity index (χ2n) is 5.58. The van der Waals surface area contributed by atoms with Gasteiger partial charge in [0.15, 0.2) is 0 Å². The zero-order valence-corrected chi connectivity index (χ0v) is 13.6. The minimum Gasteiger partial charge on any atom is -0.495 e. The van der Waals surface area contributed by atoms with Crippen LogP contribution in [0.2, 0.25) is 0 Å². The first kappa shape index (κ1) is 14.5. The molecule has 4 nitrogen and oxygen atoms in total. The number of aromatic nitrogens is 2. The third kappa shape index (κ3) is 2.33. The van der Waals surface area contributed by atoms with Crippen LogP contribution in [0.15, 0.2) is 73.3 Å². The van der Waals surface area contributed by atoms with Gasteiger partial charge in [0.05, 0.1) is 25.6 Å². The van der Waals surface area contributed by atoms with Crippen molar-refractivity contribution < 1.29 is 9.47 Å². The van der Waals surface area contributed by atoms with Crippen molar-refractivity contribution in [2.75, 3.05) is 14.2 Å². The van der Waals surface area contributed by atoms with E-state index in [1.807, 2.05) is 61.2 Å². The van der Waals surface area contributed by atoms with Gasteiger partial charge in [0.2, 0.25) is 0 Å². The highest BCUT2D eigenvalue weighted by molar-refractivity contribution is 5.90. The fourth-order valence-corrected chi connectivity index (χ4v) is 3.00. The lowest BCUT2D eigenvalue weighted by Crippen LogP contribution is -1.98. The molecule has 0 aliphatic heterocycles. The lowest BCUT2D eigenvalue weighted by atomic mass is 10.1. The molecule has 0 fully saturated rings. The van der Waals surface area contributed by atoms with Gasteiger partial charge < -0.3 is 18.6 Å². The van der Waals surface area contributed by atoms with Crippen LogP contribution in [0.5, 0.6) is 11.5 Å². The Bertz CT molecular complexity index is 894. The zero-order chi connectivity index (χ0) is 16.5. The summed E-state index contributed by atoms with van der Waals surface area (Å²) in [5.74, 6) is 1.66. The van der Waals surface area contributed by atoms with Crippen LogP contribution >= 0.6 is 0 Å². The number of methoxy groups -OCH3 is 2. The molecule has 0 saturated heterocycles. The van der Waals surface area contributed by atoms with E-state index in [9.17, 15) is 0 Å². The van der Waals surface area contributed by atoms with Crippen LogP contribution in [0, 0.1) is 0 Å². The topological polar surface area (TPSA) is 28.3 Å². The fraction of sp³-hybridized carbons (Fsp3) is 0.100. The molecule has 4 rings (SSSR count). The maximum atomic E-state index is 5.59. The monoisotopic (exact) mass is 318 g/mol. The lowest BCUT2D eigenvalue weighted by molar-refractivity contribution is 0.412. The smallest absolute Gasteiger partial charge is 0.143 e. The molecule has 0 radical (unpaired) electrons. The number of nitrogens with zero attached hydrogens (tertiary/aromatic N) is 2. The van der Waals surface area contributed by atoms with E-state index in [2.05, 4.69) is 21.3 Å². The van der Waals surface area contributed by atoms with E-state index in [0.29, 0.717) is 0 Å². The van der Waals surface area contributed by atoms with Gasteiger partial charge in [-0.25, -0.2) is 0 Å². The molecule has 0 atom stereocenters. The van der Waals surface area contributed by atoms with Crippen molar-refractivity contribution in [3.63, 3.8) is 0 Å². The van der Waals surface area contributed by atoms with Crippen LogP contribution in [-0.4, -0.2) is 23.4 Å². The fourth-order valence-electron chi connectivity index (χ4n) is 3.00. The van der Waals surface area contributed by atoms with Crippen molar-refractivity contribution in [2.45, 2.75) is 0 Å². The van der Waals surface area contributed by atoms with Gasteiger partial charge in [-0.2, -0.15) is 0 Å². The van der Waals surface area contributed by atoms with E-state index in [1.54, 1.807) is 14.2 Å². The second kappa shape index (κ2) is 5.81. The first-order valence-corrected chi connectivity index (χ1v) is 7.76. The summed E-state index contributed by atoms with van der Waals surface area (Å²) in [5, 5.41) is 2.21. The van der Waals surface area contributed by atoms with Gasteiger partial charge in [-0.15, -0.1) is 0 Å². The summed E-state index contributed by atoms with van der Waals surface area (Å²) in [4.78, 5) is 0. The van der Waals surface area contributed by atoms with Gasteiger partial charge in [-0.05, 0) is 59.3 Å². The zero-order valence-electron chi connectivity index (χ0n) is 13.6. The van der Waals surface area contributed by atoms with Gasteiger partial charge in [0.25, 0.3) is 0 Å². The molecule has 4 heteroatoms. The van der Waals surface area contributed by atoms with Crippen LogP contribution in [0.3, 0.4) is 0 Å². The molecule has 4 aromatic rings. The highest BCUT2D eigenvalue weighted by Gasteiger charge is 2.12. The largest absolute Gasteiger partial charge is 0.495 e. The molecule has 0 bridgehead atoms. The predicted octanol–water partition coefficient (Wildman–Crippen LogP) is 4.44. The van der Waals surface area contributed by atoms with Crippen LogP contribution in [0.25, 0.3) is 22.1 Å². The highest BCUT2D eigenvalue weighted by Crippen LogP contribution is 2.34. The summed E-state index contributed by atoms with van der Waals surface area (Å²) in [6.07, 6.45) is 8.06. The maximum absolute atomic E-state index is 5.59. The Balaban J connectivity index is 1.98. The van der Waals surface area contributed by atoms with Gasteiger partial charge in [-0.3, -0.25) is 0 Å². The van der Waals surface area contributed by atoms with Crippen molar-refractivity contribution >= 4 is 10.8 Å². The molecule has 24 heavy (non-hydrogen) atoms. The third-order valence-electron chi connectivity index (χ3n) is 4.20. The molecule has 0 amide bonds. The highest BCUT2D eigenvalue weighted by atomic mass is 16.5. The molecule has 0 saturated carbocycles. The Labute approximate surface area is 140 Å². The van der Waals surface area contributed by atoms with Gasteiger partial charge in [-0.1, -0.05) is 0 Å². The van der Waals surface area contributed by atoms with Gasteiger partial charge >= 0.3 is 0 Å². The Hall–Kier alpha value is -3.14. The third-order valence-corrected chi connectivity index (χ3v) is 4.20. The van der Waals surface area contributed by atoms with Crippen LogP contribution in [0.4, 0.5) is 0 Å². The van der Waals surface area contributed by atoms with Crippen molar-refractivity contribution in [2.24, 2.45) is 0 Å². The molecule has 0 aliphatic rings. The van der Waals surface area contributed by atoms with Crippen molar-refractivity contribution in [3.05, 3.63) is 73.3 Å². The Kier molecular flexibility index (Phi) is 3.50. The SMILES string of the molecule is COc1cc2cc(OC)c(-n3cccc3)cc2cc1-n1cccc1. The Morgan fingerprint density at radius 1 is 0.583 bits per heavy atom. The first-order chi connectivity index (χ1) is 11.8. The second-order valence-corrected chi connectivity index (χ2v) is 5.58. The van der Waals surface area contributed by atoms with Crippen molar-refractivity contribution in [3.8, 4) is 22.9 Å². The molecule has 2 aromatic carbocycles. The van der Waals surface area contributed by atoms with E-state index in [4.69, 9.17) is 9.47 Å². The van der Waals surface area contributed by atoms with E-state index >= 15 is 0 Å². The molecule has 2 aromatic heterocycles. The number of benzene rings is 2. The van der Waals surface area contributed by atoms with Gasteiger partial charge in [0.1, 0.15) is 11.5 Å². The first-order valence-electron chi connectivity index (χ1n) is 7.76. The molecule has 0 aliphatic carbocycles. The minimum atomic E-state index is 0.828. The molecule has 2 heterocycles. The van der Waals surface area contributed by atoms with E-state index in [-0.39, 0.29) is 0 Å². The molecular weight excluding hydrogens is 300 g/mol. The summed E-state index contributed by atoms with van der Waals surface area (Å²) in [6.45, 7) is 0. The van der Waals surface area contributed by atoms with Crippen LogP contribution in [0.1, 0.15) is 0 Å². The number of rotatable bonds is 4.